The third kappa shape index (κ3) is 3.45. The number of carboxylic acid groups (broad SMARTS) is 1. The van der Waals surface area contributed by atoms with Gasteiger partial charge in [-0.05, 0) is 12.1 Å². The molecule has 25 heavy (non-hydrogen) atoms. The first kappa shape index (κ1) is 17.2. The smallest absolute Gasteiger partial charge is 0.394 e. The Kier molecular flexibility index (Phi) is 4.40. The molecule has 2 aromatic rings. The van der Waals surface area contributed by atoms with Crippen LogP contribution >= 0.6 is 0 Å². The number of para-hydroxylation sites is 2. The van der Waals surface area contributed by atoms with Crippen LogP contribution in [0.1, 0.15) is 6.42 Å². The molecule has 0 radical (unpaired) electrons. The highest BCUT2D eigenvalue weighted by Crippen LogP contribution is 2.37. The van der Waals surface area contributed by atoms with Crippen molar-refractivity contribution in [2.75, 3.05) is 13.1 Å². The van der Waals surface area contributed by atoms with Gasteiger partial charge in [0.2, 0.25) is 5.91 Å². The number of carboxylic acids is 1. The van der Waals surface area contributed by atoms with E-state index >= 15 is 0 Å². The predicted octanol–water partition coefficient (Wildman–Crippen LogP) is 2.15. The normalized spacial score (nSPS) is 21.0. The Bertz CT molecular complexity index is 803. The standard InChI is InChI=1S/C16H16F3N3O3/c17-16(18,19)11-8-22(7-10(11)15(24)25)14(23)5-6-21-9-20-12-3-1-2-4-13(12)21/h1-4,9-11H,5-8H2,(H,24,25)/t10-,11-/m1/s1. The number of aromatic nitrogens is 2. The van der Waals surface area contributed by atoms with E-state index in [4.69, 9.17) is 5.11 Å². The molecule has 3 rings (SSSR count). The number of benzene rings is 1. The van der Waals surface area contributed by atoms with Gasteiger partial charge in [-0.1, -0.05) is 12.1 Å². The molecule has 0 spiro atoms. The van der Waals surface area contributed by atoms with E-state index in [-0.39, 0.29) is 13.0 Å². The average Bonchev–Trinajstić information content (AvgIpc) is 3.17. The summed E-state index contributed by atoms with van der Waals surface area (Å²) in [6, 6.07) is 7.31. The van der Waals surface area contributed by atoms with Crippen molar-refractivity contribution >= 4 is 22.9 Å². The fraction of sp³-hybridized carbons (Fsp3) is 0.438. The summed E-state index contributed by atoms with van der Waals surface area (Å²) in [5.74, 6) is -5.66. The summed E-state index contributed by atoms with van der Waals surface area (Å²) in [6.07, 6.45) is -3.09. The molecule has 2 heterocycles. The van der Waals surface area contributed by atoms with Gasteiger partial charge in [0.15, 0.2) is 0 Å². The van der Waals surface area contributed by atoms with Crippen LogP contribution in [-0.2, 0) is 16.1 Å². The molecule has 1 aliphatic heterocycles. The van der Waals surface area contributed by atoms with Gasteiger partial charge >= 0.3 is 12.1 Å². The molecule has 1 saturated heterocycles. The number of halogens is 3. The molecule has 1 aliphatic rings. The Labute approximate surface area is 140 Å². The van der Waals surface area contributed by atoms with Gasteiger partial charge in [-0.15, -0.1) is 0 Å². The van der Waals surface area contributed by atoms with Crippen molar-refractivity contribution in [2.45, 2.75) is 19.1 Å². The molecule has 134 valence electrons. The number of aliphatic carboxylic acids is 1. The van der Waals surface area contributed by atoms with E-state index in [9.17, 15) is 22.8 Å². The number of rotatable bonds is 4. The molecule has 2 atom stereocenters. The molecule has 1 aromatic carbocycles. The number of imidazole rings is 1. The highest BCUT2D eigenvalue weighted by molar-refractivity contribution is 5.79. The van der Waals surface area contributed by atoms with Crippen LogP contribution in [0.4, 0.5) is 13.2 Å². The number of likely N-dealkylation sites (tertiary alicyclic amines) is 1. The van der Waals surface area contributed by atoms with Gasteiger partial charge in [-0.25, -0.2) is 4.98 Å². The lowest BCUT2D eigenvalue weighted by Crippen LogP contribution is -2.34. The number of nitrogens with zero attached hydrogens (tertiary/aromatic N) is 3. The van der Waals surface area contributed by atoms with Gasteiger partial charge in [0.05, 0.1) is 29.2 Å². The molecule has 0 aliphatic carbocycles. The molecular formula is C16H16F3N3O3. The Morgan fingerprint density at radius 1 is 1.24 bits per heavy atom. The minimum Gasteiger partial charge on any atom is -0.481 e. The van der Waals surface area contributed by atoms with Gasteiger partial charge in [0.1, 0.15) is 0 Å². The van der Waals surface area contributed by atoms with Crippen LogP contribution in [0, 0.1) is 11.8 Å². The second-order valence-electron chi connectivity index (χ2n) is 6.07. The maximum Gasteiger partial charge on any atom is 0.394 e. The zero-order chi connectivity index (χ0) is 18.2. The third-order valence-electron chi connectivity index (χ3n) is 4.50. The van der Waals surface area contributed by atoms with Gasteiger partial charge in [-0.3, -0.25) is 9.59 Å². The summed E-state index contributed by atoms with van der Waals surface area (Å²) >= 11 is 0. The number of hydrogen-bond acceptors (Lipinski definition) is 3. The SMILES string of the molecule is O=C(O)[C@@H]1CN(C(=O)CCn2cnc3ccccc32)C[C@H]1C(F)(F)F. The maximum absolute atomic E-state index is 13.0. The van der Waals surface area contributed by atoms with Gasteiger partial charge in [0, 0.05) is 26.1 Å². The number of amides is 1. The predicted molar refractivity (Wildman–Crippen MR) is 81.6 cm³/mol. The van der Waals surface area contributed by atoms with E-state index in [2.05, 4.69) is 4.98 Å². The Hall–Kier alpha value is -2.58. The van der Waals surface area contributed by atoms with Crippen molar-refractivity contribution in [1.29, 1.82) is 0 Å². The lowest BCUT2D eigenvalue weighted by atomic mass is 9.96. The minimum atomic E-state index is -4.64. The Balaban J connectivity index is 1.66. The van der Waals surface area contributed by atoms with Crippen molar-refractivity contribution in [2.24, 2.45) is 11.8 Å². The van der Waals surface area contributed by atoms with E-state index < -0.39 is 43.0 Å². The number of fused-ring (bicyclic) bond motifs is 1. The molecule has 1 amide bonds. The van der Waals surface area contributed by atoms with Crippen molar-refractivity contribution in [1.82, 2.24) is 14.5 Å². The second-order valence-corrected chi connectivity index (χ2v) is 6.07. The average molecular weight is 355 g/mol. The quantitative estimate of drug-likeness (QED) is 0.912. The summed E-state index contributed by atoms with van der Waals surface area (Å²) in [5.41, 5.74) is 1.59. The second kappa shape index (κ2) is 6.38. The molecule has 1 fully saturated rings. The molecular weight excluding hydrogens is 339 g/mol. The van der Waals surface area contributed by atoms with E-state index in [0.717, 1.165) is 15.9 Å². The Morgan fingerprint density at radius 3 is 2.60 bits per heavy atom. The largest absolute Gasteiger partial charge is 0.481 e. The molecule has 6 nitrogen and oxygen atoms in total. The highest BCUT2D eigenvalue weighted by atomic mass is 19.4. The van der Waals surface area contributed by atoms with Gasteiger partial charge in [-0.2, -0.15) is 13.2 Å². The minimum absolute atomic E-state index is 0.0166. The zero-order valence-corrected chi connectivity index (χ0v) is 13.1. The molecule has 0 saturated carbocycles. The van der Waals surface area contributed by atoms with Crippen LogP contribution in [0.3, 0.4) is 0 Å². The first-order valence-corrected chi connectivity index (χ1v) is 7.74. The highest BCUT2D eigenvalue weighted by Gasteiger charge is 2.53. The molecule has 0 bridgehead atoms. The molecule has 1 N–H and O–H groups in total. The molecule has 0 unspecified atom stereocenters. The molecule has 1 aromatic heterocycles. The fourth-order valence-electron chi connectivity index (χ4n) is 3.15. The van der Waals surface area contributed by atoms with E-state index in [1.807, 2.05) is 24.3 Å². The Morgan fingerprint density at radius 2 is 1.96 bits per heavy atom. The summed E-state index contributed by atoms with van der Waals surface area (Å²) in [6.45, 7) is -0.753. The van der Waals surface area contributed by atoms with E-state index in [0.29, 0.717) is 0 Å². The lowest BCUT2D eigenvalue weighted by Gasteiger charge is -2.18. The number of carbonyl (C=O) groups excluding carboxylic acids is 1. The van der Waals surface area contributed by atoms with Gasteiger partial charge in [0.25, 0.3) is 0 Å². The first-order chi connectivity index (χ1) is 11.8. The van der Waals surface area contributed by atoms with Crippen LogP contribution in [0.5, 0.6) is 0 Å². The zero-order valence-electron chi connectivity index (χ0n) is 13.1. The summed E-state index contributed by atoms with van der Waals surface area (Å²) in [7, 11) is 0. The van der Waals surface area contributed by atoms with Gasteiger partial charge < -0.3 is 14.6 Å². The van der Waals surface area contributed by atoms with Crippen molar-refractivity contribution in [3.05, 3.63) is 30.6 Å². The lowest BCUT2D eigenvalue weighted by molar-refractivity contribution is -0.188. The van der Waals surface area contributed by atoms with Crippen LogP contribution in [0.15, 0.2) is 30.6 Å². The topological polar surface area (TPSA) is 75.4 Å². The number of hydrogen-bond donors (Lipinski definition) is 1. The first-order valence-electron chi connectivity index (χ1n) is 7.74. The van der Waals surface area contributed by atoms with Crippen LogP contribution in [0.2, 0.25) is 0 Å². The number of carbonyl (C=O) groups is 2. The summed E-state index contributed by atoms with van der Waals surface area (Å²) in [5, 5.41) is 8.99. The maximum atomic E-state index is 13.0. The van der Waals surface area contributed by atoms with Crippen LogP contribution < -0.4 is 0 Å². The van der Waals surface area contributed by atoms with Crippen molar-refractivity contribution in [3.8, 4) is 0 Å². The number of alkyl halides is 3. The summed E-state index contributed by atoms with van der Waals surface area (Å²) < 4.78 is 40.7. The van der Waals surface area contributed by atoms with E-state index in [1.165, 1.54) is 0 Å². The molecule has 9 heteroatoms. The van der Waals surface area contributed by atoms with Crippen molar-refractivity contribution in [3.63, 3.8) is 0 Å². The number of aryl methyl sites for hydroxylation is 1. The fourth-order valence-corrected chi connectivity index (χ4v) is 3.15. The van der Waals surface area contributed by atoms with Crippen molar-refractivity contribution < 1.29 is 27.9 Å². The van der Waals surface area contributed by atoms with Crippen LogP contribution in [-0.4, -0.2) is 50.7 Å². The monoisotopic (exact) mass is 355 g/mol. The van der Waals surface area contributed by atoms with Crippen LogP contribution in [0.25, 0.3) is 11.0 Å². The van der Waals surface area contributed by atoms with E-state index in [1.54, 1.807) is 10.9 Å². The third-order valence-corrected chi connectivity index (χ3v) is 4.50. The summed E-state index contributed by atoms with van der Waals surface area (Å²) in [4.78, 5) is 28.5.